The Morgan fingerprint density at radius 2 is 1.64 bits per heavy atom. The third kappa shape index (κ3) is 4.39. The van der Waals surface area contributed by atoms with Crippen molar-refractivity contribution in [2.75, 3.05) is 6.54 Å². The van der Waals surface area contributed by atoms with E-state index in [0.717, 1.165) is 10.0 Å². The second-order valence-electron chi connectivity index (χ2n) is 4.53. The van der Waals surface area contributed by atoms with Crippen molar-refractivity contribution in [3.63, 3.8) is 0 Å². The summed E-state index contributed by atoms with van der Waals surface area (Å²) in [5, 5.41) is 0. The molecule has 116 valence electrons. The summed E-state index contributed by atoms with van der Waals surface area (Å²) in [6.45, 7) is -0.290. The predicted molar refractivity (Wildman–Crippen MR) is 89.7 cm³/mol. The first kappa shape index (κ1) is 17.1. The van der Waals surface area contributed by atoms with E-state index in [1.807, 2.05) is 0 Å². The lowest BCUT2D eigenvalue weighted by Crippen LogP contribution is -2.29. The van der Waals surface area contributed by atoms with E-state index in [9.17, 15) is 13.2 Å². The first-order valence-electron chi connectivity index (χ1n) is 6.36. The molecule has 0 aliphatic heterocycles. The van der Waals surface area contributed by atoms with E-state index in [1.54, 1.807) is 36.4 Å². The molecule has 2 aromatic rings. The average Bonchev–Trinajstić information content (AvgIpc) is 2.53. The lowest BCUT2D eigenvalue weighted by Gasteiger charge is -2.07. The molecule has 0 unspecified atom stereocenters. The Labute approximate surface area is 142 Å². The van der Waals surface area contributed by atoms with Gasteiger partial charge in [-0.3, -0.25) is 4.79 Å². The van der Waals surface area contributed by atoms with Crippen molar-refractivity contribution in [1.82, 2.24) is 4.72 Å². The molecule has 0 aliphatic rings. The van der Waals surface area contributed by atoms with Gasteiger partial charge in [0.25, 0.3) is 0 Å². The number of alkyl halides is 1. The van der Waals surface area contributed by atoms with Crippen LogP contribution in [0.25, 0.3) is 0 Å². The number of ketones is 1. The molecule has 2 aromatic carbocycles. The van der Waals surface area contributed by atoms with Crippen molar-refractivity contribution in [2.45, 2.75) is 10.8 Å². The number of halogens is 2. The Kier molecular flexibility index (Phi) is 5.74. The van der Waals surface area contributed by atoms with Gasteiger partial charge in [0.1, 0.15) is 0 Å². The Morgan fingerprint density at radius 1 is 1.05 bits per heavy atom. The first-order valence-corrected chi connectivity index (χ1v) is 9.17. The molecule has 1 N–H and O–H groups in total. The van der Waals surface area contributed by atoms with Crippen LogP contribution in [0.2, 0.25) is 0 Å². The number of sulfonamides is 1. The largest absolute Gasteiger partial charge is 0.293 e. The van der Waals surface area contributed by atoms with Crippen LogP contribution in [0.1, 0.15) is 15.9 Å². The molecule has 0 atom stereocenters. The Balaban J connectivity index is 2.05. The third-order valence-electron chi connectivity index (χ3n) is 2.98. The number of benzene rings is 2. The quantitative estimate of drug-likeness (QED) is 0.595. The molecule has 0 fully saturated rings. The number of carbonyl (C=O) groups excluding carboxylic acids is 1. The van der Waals surface area contributed by atoms with E-state index in [1.165, 1.54) is 12.1 Å². The van der Waals surface area contributed by atoms with Crippen LogP contribution in [-0.4, -0.2) is 20.7 Å². The van der Waals surface area contributed by atoms with Crippen LogP contribution in [0, 0.1) is 0 Å². The van der Waals surface area contributed by atoms with Crippen molar-refractivity contribution in [1.29, 1.82) is 0 Å². The Hall–Kier alpha value is -1.21. The minimum atomic E-state index is -3.72. The SMILES string of the molecule is O=C(CNS(=O)(=O)c1ccc(CCl)cc1)c1ccc(Br)cc1. The second-order valence-corrected chi connectivity index (χ2v) is 7.48. The van der Waals surface area contributed by atoms with E-state index in [-0.39, 0.29) is 17.2 Å². The van der Waals surface area contributed by atoms with Gasteiger partial charge in [0, 0.05) is 15.9 Å². The fourth-order valence-corrected chi connectivity index (χ4v) is 3.16. The van der Waals surface area contributed by atoms with E-state index < -0.39 is 10.0 Å². The summed E-state index contributed by atoms with van der Waals surface area (Å²) in [5.74, 6) is 0.0176. The first-order chi connectivity index (χ1) is 10.4. The molecule has 0 bridgehead atoms. The molecule has 0 heterocycles. The van der Waals surface area contributed by atoms with Crippen LogP contribution in [0.15, 0.2) is 57.9 Å². The van der Waals surface area contributed by atoms with Gasteiger partial charge in [0.2, 0.25) is 10.0 Å². The molecule has 0 saturated heterocycles. The molecular weight excluding hydrogens is 390 g/mol. The van der Waals surface area contributed by atoms with Crippen LogP contribution in [0.5, 0.6) is 0 Å². The van der Waals surface area contributed by atoms with E-state index in [4.69, 9.17) is 11.6 Å². The number of rotatable bonds is 6. The van der Waals surface area contributed by atoms with E-state index in [0.29, 0.717) is 11.4 Å². The molecule has 0 spiro atoms. The summed E-state index contributed by atoms with van der Waals surface area (Å²) >= 11 is 8.94. The Bertz CT molecular complexity index is 758. The summed E-state index contributed by atoms with van der Waals surface area (Å²) in [4.78, 5) is 12.1. The van der Waals surface area contributed by atoms with Crippen molar-refractivity contribution < 1.29 is 13.2 Å². The number of carbonyl (C=O) groups is 1. The highest BCUT2D eigenvalue weighted by Crippen LogP contribution is 2.13. The number of hydrogen-bond acceptors (Lipinski definition) is 3. The number of nitrogens with one attached hydrogen (secondary N) is 1. The predicted octanol–water partition coefficient (Wildman–Crippen LogP) is 3.35. The van der Waals surface area contributed by atoms with Crippen molar-refractivity contribution >= 4 is 43.3 Å². The van der Waals surface area contributed by atoms with Crippen molar-refractivity contribution in [3.05, 3.63) is 64.1 Å². The monoisotopic (exact) mass is 401 g/mol. The highest BCUT2D eigenvalue weighted by molar-refractivity contribution is 9.10. The maximum atomic E-state index is 12.1. The Morgan fingerprint density at radius 3 is 2.18 bits per heavy atom. The fraction of sp³-hybridized carbons (Fsp3) is 0.133. The zero-order chi connectivity index (χ0) is 16.2. The fourth-order valence-electron chi connectivity index (χ4n) is 1.74. The van der Waals surface area contributed by atoms with Crippen LogP contribution in [0.3, 0.4) is 0 Å². The highest BCUT2D eigenvalue weighted by Gasteiger charge is 2.16. The number of Topliss-reactive ketones (excluding diaryl/α,β-unsaturated/α-hetero) is 1. The molecule has 22 heavy (non-hydrogen) atoms. The molecule has 7 heteroatoms. The summed E-state index contributed by atoms with van der Waals surface area (Å²) in [7, 11) is -3.72. The summed E-state index contributed by atoms with van der Waals surface area (Å²) in [6.07, 6.45) is 0. The molecule has 0 saturated carbocycles. The topological polar surface area (TPSA) is 63.2 Å². The maximum absolute atomic E-state index is 12.1. The van der Waals surface area contributed by atoms with Gasteiger partial charge < -0.3 is 0 Å². The van der Waals surface area contributed by atoms with Gasteiger partial charge >= 0.3 is 0 Å². The van der Waals surface area contributed by atoms with Gasteiger partial charge in [0.15, 0.2) is 5.78 Å². The van der Waals surface area contributed by atoms with Gasteiger partial charge in [0.05, 0.1) is 11.4 Å². The third-order valence-corrected chi connectivity index (χ3v) is 5.23. The lowest BCUT2D eigenvalue weighted by molar-refractivity contribution is 0.0997. The van der Waals surface area contributed by atoms with Crippen LogP contribution in [0.4, 0.5) is 0 Å². The average molecular weight is 403 g/mol. The van der Waals surface area contributed by atoms with Crippen molar-refractivity contribution in [2.24, 2.45) is 0 Å². The van der Waals surface area contributed by atoms with Gasteiger partial charge in [-0.1, -0.05) is 40.2 Å². The van der Waals surface area contributed by atoms with Crippen LogP contribution < -0.4 is 4.72 Å². The highest BCUT2D eigenvalue weighted by atomic mass is 79.9. The van der Waals surface area contributed by atoms with Crippen LogP contribution >= 0.6 is 27.5 Å². The molecule has 0 amide bonds. The minimum absolute atomic E-state index is 0.102. The van der Waals surface area contributed by atoms with Gasteiger partial charge in [-0.25, -0.2) is 13.1 Å². The smallest absolute Gasteiger partial charge is 0.240 e. The van der Waals surface area contributed by atoms with E-state index in [2.05, 4.69) is 20.7 Å². The van der Waals surface area contributed by atoms with Crippen LogP contribution in [-0.2, 0) is 15.9 Å². The van der Waals surface area contributed by atoms with Crippen molar-refractivity contribution in [3.8, 4) is 0 Å². The normalized spacial score (nSPS) is 11.4. The van der Waals surface area contributed by atoms with Gasteiger partial charge in [-0.2, -0.15) is 0 Å². The minimum Gasteiger partial charge on any atom is -0.293 e. The van der Waals surface area contributed by atoms with Gasteiger partial charge in [-0.05, 0) is 29.8 Å². The molecule has 2 rings (SSSR count). The lowest BCUT2D eigenvalue weighted by atomic mass is 10.1. The molecule has 4 nitrogen and oxygen atoms in total. The molecule has 0 aromatic heterocycles. The van der Waals surface area contributed by atoms with E-state index >= 15 is 0 Å². The summed E-state index contributed by atoms with van der Waals surface area (Å²) in [5.41, 5.74) is 1.27. The molecule has 0 radical (unpaired) electrons. The number of hydrogen-bond donors (Lipinski definition) is 1. The summed E-state index contributed by atoms with van der Waals surface area (Å²) < 4.78 is 27.4. The maximum Gasteiger partial charge on any atom is 0.240 e. The standard InChI is InChI=1S/C15H13BrClNO3S/c16-13-5-3-12(4-6-13)15(19)10-18-22(20,21)14-7-1-11(9-17)2-8-14/h1-8,18H,9-10H2. The second kappa shape index (κ2) is 7.37. The summed E-state index contributed by atoms with van der Waals surface area (Å²) in [6, 6.07) is 12.9. The molecule has 0 aliphatic carbocycles. The zero-order valence-electron chi connectivity index (χ0n) is 11.4. The van der Waals surface area contributed by atoms with Gasteiger partial charge in [-0.15, -0.1) is 11.6 Å². The molecular formula is C15H13BrClNO3S. The zero-order valence-corrected chi connectivity index (χ0v) is 14.6.